The number of nitrogens with zero attached hydrogens (tertiary/aromatic N) is 3. The molecule has 0 aliphatic carbocycles. The highest BCUT2D eigenvalue weighted by atomic mass is 32.2. The number of anilines is 1. The highest BCUT2D eigenvalue weighted by Gasteiger charge is 2.21. The number of aryl methyl sites for hydroxylation is 1. The topological polar surface area (TPSA) is 114 Å². The molecule has 1 aromatic carbocycles. The number of amides is 1. The van der Waals surface area contributed by atoms with Crippen LogP contribution in [0.25, 0.3) is 11.4 Å². The van der Waals surface area contributed by atoms with Gasteiger partial charge in [-0.25, -0.2) is 4.79 Å². The van der Waals surface area contributed by atoms with E-state index in [0.717, 1.165) is 10.4 Å². The van der Waals surface area contributed by atoms with E-state index in [0.29, 0.717) is 45.3 Å². The van der Waals surface area contributed by atoms with Gasteiger partial charge < -0.3 is 28.8 Å². The van der Waals surface area contributed by atoms with E-state index in [1.165, 1.54) is 23.1 Å². The highest BCUT2D eigenvalue weighted by molar-refractivity contribution is 7.99. The van der Waals surface area contributed by atoms with Crippen molar-refractivity contribution in [2.45, 2.75) is 32.5 Å². The number of methoxy groups -OCH3 is 3. The number of carbonyl (C=O) groups excluding carboxylic acids is 2. The van der Waals surface area contributed by atoms with E-state index in [1.807, 2.05) is 18.4 Å². The largest absolute Gasteiger partial charge is 0.493 e. The zero-order valence-corrected chi connectivity index (χ0v) is 22.1. The molecule has 0 bridgehead atoms. The van der Waals surface area contributed by atoms with Crippen LogP contribution >= 0.6 is 23.1 Å². The number of thioether (sulfide) groups is 1. The average molecular weight is 521 g/mol. The van der Waals surface area contributed by atoms with Gasteiger partial charge >= 0.3 is 5.97 Å². The van der Waals surface area contributed by atoms with Crippen molar-refractivity contribution in [1.82, 2.24) is 14.8 Å². The van der Waals surface area contributed by atoms with Gasteiger partial charge in [0.05, 0.1) is 39.3 Å². The first-order chi connectivity index (χ1) is 16.9. The van der Waals surface area contributed by atoms with E-state index in [1.54, 1.807) is 46.5 Å². The number of nitrogens with one attached hydrogen (secondary N) is 1. The van der Waals surface area contributed by atoms with E-state index in [-0.39, 0.29) is 18.3 Å². The Labute approximate surface area is 211 Å². The van der Waals surface area contributed by atoms with Gasteiger partial charge in [-0.1, -0.05) is 11.8 Å². The molecule has 10 nitrogen and oxygen atoms in total. The Morgan fingerprint density at radius 3 is 2.31 bits per heavy atom. The fourth-order valence-electron chi connectivity index (χ4n) is 3.36. The summed E-state index contributed by atoms with van der Waals surface area (Å²) in [6, 6.07) is 5.31. The van der Waals surface area contributed by atoms with Crippen molar-refractivity contribution < 1.29 is 28.5 Å². The summed E-state index contributed by atoms with van der Waals surface area (Å²) in [6.07, 6.45) is 0. The molecule has 2 aromatic heterocycles. The van der Waals surface area contributed by atoms with Crippen LogP contribution < -0.4 is 19.5 Å². The summed E-state index contributed by atoms with van der Waals surface area (Å²) in [5.41, 5.74) is 1.09. The van der Waals surface area contributed by atoms with Crippen molar-refractivity contribution >= 4 is 40.0 Å². The number of carbonyl (C=O) groups is 2. The van der Waals surface area contributed by atoms with E-state index in [2.05, 4.69) is 15.5 Å². The number of rotatable bonds is 11. The third kappa shape index (κ3) is 5.88. The number of benzene rings is 1. The monoisotopic (exact) mass is 520 g/mol. The summed E-state index contributed by atoms with van der Waals surface area (Å²) >= 11 is 2.58. The Kier molecular flexibility index (Phi) is 8.99. The predicted molar refractivity (Wildman–Crippen MR) is 135 cm³/mol. The molecular weight excluding hydrogens is 492 g/mol. The lowest BCUT2D eigenvalue weighted by molar-refractivity contribution is -0.113. The number of aromatic nitrogens is 3. The van der Waals surface area contributed by atoms with Crippen LogP contribution in [0.15, 0.2) is 23.4 Å². The van der Waals surface area contributed by atoms with Crippen molar-refractivity contribution in [2.75, 3.05) is 39.0 Å². The minimum absolute atomic E-state index is 0.0899. The zero-order chi connectivity index (χ0) is 25.5. The maximum absolute atomic E-state index is 12.7. The molecule has 35 heavy (non-hydrogen) atoms. The molecule has 2 heterocycles. The first-order valence-electron chi connectivity index (χ1n) is 10.8. The molecule has 1 amide bonds. The summed E-state index contributed by atoms with van der Waals surface area (Å²) in [7, 11) is 4.64. The molecule has 3 aromatic rings. The SMILES string of the molecule is CCOC(=O)c1cc(C)sc1NC(=O)CSc1nnc(-c2cc(OC)c(OC)c(OC)c2)n1CC. The van der Waals surface area contributed by atoms with Gasteiger partial charge in [0.2, 0.25) is 11.7 Å². The molecule has 0 radical (unpaired) electrons. The third-order valence-corrected chi connectivity index (χ3v) is 6.82. The van der Waals surface area contributed by atoms with Crippen LogP contribution in [0.1, 0.15) is 29.1 Å². The van der Waals surface area contributed by atoms with E-state index >= 15 is 0 Å². The number of hydrogen-bond acceptors (Lipinski definition) is 10. The van der Waals surface area contributed by atoms with Crippen LogP contribution in [0.3, 0.4) is 0 Å². The van der Waals surface area contributed by atoms with Crippen molar-refractivity contribution in [1.29, 1.82) is 0 Å². The van der Waals surface area contributed by atoms with Crippen LogP contribution in [0, 0.1) is 6.92 Å². The van der Waals surface area contributed by atoms with E-state index < -0.39 is 5.97 Å². The maximum Gasteiger partial charge on any atom is 0.341 e. The molecule has 0 atom stereocenters. The molecular formula is C23H28N4O6S2. The van der Waals surface area contributed by atoms with Gasteiger partial charge in [0.15, 0.2) is 22.5 Å². The van der Waals surface area contributed by atoms with Crippen LogP contribution in [-0.2, 0) is 16.1 Å². The van der Waals surface area contributed by atoms with Crippen LogP contribution in [0.2, 0.25) is 0 Å². The maximum atomic E-state index is 12.7. The molecule has 12 heteroatoms. The van der Waals surface area contributed by atoms with Gasteiger partial charge in [0, 0.05) is 17.0 Å². The second kappa shape index (κ2) is 11.9. The molecule has 0 unspecified atom stereocenters. The lowest BCUT2D eigenvalue weighted by Gasteiger charge is -2.14. The Bertz CT molecular complexity index is 1180. The Balaban J connectivity index is 1.78. The molecule has 0 saturated heterocycles. The van der Waals surface area contributed by atoms with E-state index in [4.69, 9.17) is 18.9 Å². The first-order valence-corrected chi connectivity index (χ1v) is 12.6. The van der Waals surface area contributed by atoms with Gasteiger partial charge in [0.1, 0.15) is 5.00 Å². The smallest absolute Gasteiger partial charge is 0.341 e. The van der Waals surface area contributed by atoms with Crippen LogP contribution in [0.4, 0.5) is 5.00 Å². The summed E-state index contributed by atoms with van der Waals surface area (Å²) in [5.74, 6) is 1.47. The third-order valence-electron chi connectivity index (χ3n) is 4.89. The fourth-order valence-corrected chi connectivity index (χ4v) is 5.08. The van der Waals surface area contributed by atoms with Crippen molar-refractivity contribution in [2.24, 2.45) is 0 Å². The summed E-state index contributed by atoms with van der Waals surface area (Å²) < 4.78 is 23.3. The fraction of sp³-hybridized carbons (Fsp3) is 0.391. The summed E-state index contributed by atoms with van der Waals surface area (Å²) in [5, 5.41) is 12.5. The second-order valence-electron chi connectivity index (χ2n) is 7.12. The predicted octanol–water partition coefficient (Wildman–Crippen LogP) is 4.27. The molecule has 0 aliphatic rings. The normalized spacial score (nSPS) is 10.7. The van der Waals surface area contributed by atoms with Gasteiger partial charge in [-0.15, -0.1) is 21.5 Å². The Morgan fingerprint density at radius 1 is 1.06 bits per heavy atom. The lowest BCUT2D eigenvalue weighted by Crippen LogP contribution is -2.16. The second-order valence-corrected chi connectivity index (χ2v) is 9.32. The lowest BCUT2D eigenvalue weighted by atomic mass is 10.1. The van der Waals surface area contributed by atoms with Crippen molar-refractivity contribution in [3.05, 3.63) is 28.6 Å². The molecule has 0 saturated carbocycles. The molecule has 188 valence electrons. The average Bonchev–Trinajstić information content (AvgIpc) is 3.44. The highest BCUT2D eigenvalue weighted by Crippen LogP contribution is 2.41. The van der Waals surface area contributed by atoms with Crippen molar-refractivity contribution in [3.8, 4) is 28.6 Å². The molecule has 0 fully saturated rings. The first kappa shape index (κ1) is 26.4. The quantitative estimate of drug-likeness (QED) is 0.292. The zero-order valence-electron chi connectivity index (χ0n) is 20.5. The number of ether oxygens (including phenoxy) is 4. The molecule has 0 spiro atoms. The molecule has 0 aliphatic heterocycles. The standard InChI is InChI=1S/C23H28N4O6S2/c1-7-27-20(14-10-16(30-4)19(32-6)17(11-14)31-5)25-26-23(27)34-12-18(28)24-21-15(9-13(3)35-21)22(29)33-8-2/h9-11H,7-8,12H2,1-6H3,(H,24,28). The molecule has 1 N–H and O–H groups in total. The molecule has 3 rings (SSSR count). The van der Waals surface area contributed by atoms with Gasteiger partial charge in [-0.2, -0.15) is 0 Å². The Hall–Kier alpha value is -3.25. The van der Waals surface area contributed by atoms with Crippen LogP contribution in [-0.4, -0.2) is 60.3 Å². The number of esters is 1. The van der Waals surface area contributed by atoms with Crippen LogP contribution in [0.5, 0.6) is 17.2 Å². The van der Waals surface area contributed by atoms with Gasteiger partial charge in [0.25, 0.3) is 0 Å². The Morgan fingerprint density at radius 2 is 1.74 bits per heavy atom. The summed E-state index contributed by atoms with van der Waals surface area (Å²) in [6.45, 7) is 6.42. The van der Waals surface area contributed by atoms with Crippen molar-refractivity contribution in [3.63, 3.8) is 0 Å². The minimum atomic E-state index is -0.458. The van der Waals surface area contributed by atoms with E-state index in [9.17, 15) is 9.59 Å². The summed E-state index contributed by atoms with van der Waals surface area (Å²) in [4.78, 5) is 25.7. The van der Waals surface area contributed by atoms with Gasteiger partial charge in [-0.05, 0) is 39.0 Å². The van der Waals surface area contributed by atoms with Gasteiger partial charge in [-0.3, -0.25) is 4.79 Å². The number of thiophene rings is 1. The minimum Gasteiger partial charge on any atom is -0.493 e. The number of hydrogen-bond donors (Lipinski definition) is 1.